The second kappa shape index (κ2) is 10.2. The van der Waals surface area contributed by atoms with Crippen LogP contribution in [0, 0.1) is 6.92 Å². The number of carbonyl (C=O) groups excluding carboxylic acids is 1. The van der Waals surface area contributed by atoms with E-state index in [2.05, 4.69) is 0 Å². The number of aryl methyl sites for hydroxylation is 1. The molecule has 1 aromatic heterocycles. The van der Waals surface area contributed by atoms with Crippen molar-refractivity contribution < 1.29 is 28.2 Å². The van der Waals surface area contributed by atoms with Crippen LogP contribution in [0.1, 0.15) is 45.8 Å². The molecule has 8 heteroatoms. The molecule has 0 spiro atoms. The largest absolute Gasteiger partial charge is 0.490 e. The van der Waals surface area contributed by atoms with E-state index in [1.807, 2.05) is 43.9 Å². The number of hydrogen-bond acceptors (Lipinski definition) is 8. The van der Waals surface area contributed by atoms with Crippen LogP contribution in [0.4, 0.5) is 0 Å². The quantitative estimate of drug-likeness (QED) is 0.349. The first kappa shape index (κ1) is 25.3. The van der Waals surface area contributed by atoms with Crippen LogP contribution in [-0.4, -0.2) is 49.0 Å². The second-order valence-corrected chi connectivity index (χ2v) is 10.5. The molecule has 5 rings (SSSR count). The maximum atomic E-state index is 13.5. The normalized spacial score (nSPS) is 18.1. The van der Waals surface area contributed by atoms with E-state index in [4.69, 9.17) is 23.4 Å². The van der Waals surface area contributed by atoms with E-state index in [1.54, 1.807) is 25.1 Å². The number of hydrogen-bond donors (Lipinski definition) is 0. The van der Waals surface area contributed by atoms with E-state index in [-0.39, 0.29) is 23.0 Å². The predicted molar refractivity (Wildman–Crippen MR) is 139 cm³/mol. The zero-order chi connectivity index (χ0) is 26.2. The maximum absolute atomic E-state index is 13.5. The van der Waals surface area contributed by atoms with E-state index in [0.29, 0.717) is 71.5 Å². The van der Waals surface area contributed by atoms with E-state index in [9.17, 15) is 9.59 Å². The van der Waals surface area contributed by atoms with Crippen LogP contribution in [-0.2, 0) is 9.53 Å². The average molecular weight is 508 g/mol. The summed E-state index contributed by atoms with van der Waals surface area (Å²) in [5.41, 5.74) is 1.08. The summed E-state index contributed by atoms with van der Waals surface area (Å²) in [5.74, 6) is 1.76. The Kier molecular flexibility index (Phi) is 6.96. The lowest BCUT2D eigenvalue weighted by Crippen LogP contribution is -2.41. The van der Waals surface area contributed by atoms with Gasteiger partial charge >= 0.3 is 5.97 Å². The summed E-state index contributed by atoms with van der Waals surface area (Å²) in [6.07, 6.45) is 2.42. The highest BCUT2D eigenvalue weighted by Gasteiger charge is 2.33. The van der Waals surface area contributed by atoms with Crippen molar-refractivity contribution in [3.8, 4) is 28.4 Å². The van der Waals surface area contributed by atoms with Crippen molar-refractivity contribution in [2.75, 3.05) is 26.5 Å². The lowest BCUT2D eigenvalue weighted by atomic mass is 10.0. The summed E-state index contributed by atoms with van der Waals surface area (Å²) in [4.78, 5) is 28.4. The smallest absolute Gasteiger partial charge is 0.328 e. The lowest BCUT2D eigenvalue weighted by Gasteiger charge is -2.27. The zero-order valence-corrected chi connectivity index (χ0v) is 21.8. The van der Waals surface area contributed by atoms with Gasteiger partial charge in [-0.3, -0.25) is 9.69 Å². The van der Waals surface area contributed by atoms with Gasteiger partial charge in [0.1, 0.15) is 29.9 Å². The summed E-state index contributed by atoms with van der Waals surface area (Å²) in [6, 6.07) is 9.99. The molecule has 2 aliphatic rings. The molecule has 0 saturated carbocycles. The van der Waals surface area contributed by atoms with Crippen LogP contribution in [0.2, 0.25) is 0 Å². The molecule has 8 nitrogen and oxygen atoms in total. The summed E-state index contributed by atoms with van der Waals surface area (Å²) in [7, 11) is 0. The Morgan fingerprint density at radius 1 is 1.05 bits per heavy atom. The summed E-state index contributed by atoms with van der Waals surface area (Å²) in [6.45, 7) is 10.0. The first-order valence-electron chi connectivity index (χ1n) is 12.8. The Bertz CT molecular complexity index is 1370. The van der Waals surface area contributed by atoms with Crippen molar-refractivity contribution in [3.05, 3.63) is 52.4 Å². The Morgan fingerprint density at radius 2 is 1.84 bits per heavy atom. The molecule has 0 unspecified atom stereocenters. The van der Waals surface area contributed by atoms with Gasteiger partial charge in [0.05, 0.1) is 29.8 Å². The molecule has 0 bridgehead atoms. The highest BCUT2D eigenvalue weighted by molar-refractivity contribution is 5.85. The van der Waals surface area contributed by atoms with Gasteiger partial charge in [-0.1, -0.05) is 6.07 Å². The molecule has 2 aromatic carbocycles. The zero-order valence-electron chi connectivity index (χ0n) is 21.8. The maximum Gasteiger partial charge on any atom is 0.328 e. The molecule has 1 saturated heterocycles. The van der Waals surface area contributed by atoms with Crippen molar-refractivity contribution in [3.63, 3.8) is 0 Å². The summed E-state index contributed by atoms with van der Waals surface area (Å²) in [5, 5.41) is 0.411. The van der Waals surface area contributed by atoms with Crippen molar-refractivity contribution >= 4 is 16.9 Å². The van der Waals surface area contributed by atoms with E-state index in [0.717, 1.165) is 19.4 Å². The van der Waals surface area contributed by atoms with Crippen LogP contribution in [0.15, 0.2) is 45.6 Å². The van der Waals surface area contributed by atoms with Gasteiger partial charge in [0.25, 0.3) is 0 Å². The fourth-order valence-corrected chi connectivity index (χ4v) is 4.71. The number of likely N-dealkylation sites (tertiary alicyclic amines) is 1. The Balaban J connectivity index is 1.38. The Hall–Kier alpha value is -3.36. The summed E-state index contributed by atoms with van der Waals surface area (Å²) < 4.78 is 29.1. The molecule has 1 fully saturated rings. The standard InChI is InChI=1S/C29H33NO7/c1-18-26(19-8-11-23-25(15-19)34-14-6-13-33-23)27(31)21-10-9-20(16-24(21)36-18)37-28(32)22-7-5-12-30(22)17-35-29(2,3)4/h8-11,15-16,22H,5-7,12-14,17H2,1-4H3/t22-/m1/s1. The van der Waals surface area contributed by atoms with Gasteiger partial charge in [-0.25, -0.2) is 4.79 Å². The van der Waals surface area contributed by atoms with Crippen molar-refractivity contribution in [2.24, 2.45) is 0 Å². The van der Waals surface area contributed by atoms with Crippen molar-refractivity contribution in [1.82, 2.24) is 4.90 Å². The first-order chi connectivity index (χ1) is 17.7. The van der Waals surface area contributed by atoms with Gasteiger partial charge in [-0.05, 0) is 70.4 Å². The van der Waals surface area contributed by atoms with Crippen LogP contribution in [0.5, 0.6) is 17.2 Å². The Labute approximate surface area is 216 Å². The Morgan fingerprint density at radius 3 is 2.62 bits per heavy atom. The first-order valence-corrected chi connectivity index (χ1v) is 12.8. The molecule has 0 amide bonds. The molecule has 3 heterocycles. The van der Waals surface area contributed by atoms with Crippen LogP contribution in [0.25, 0.3) is 22.1 Å². The van der Waals surface area contributed by atoms with Crippen LogP contribution < -0.4 is 19.6 Å². The van der Waals surface area contributed by atoms with Gasteiger partial charge in [0.15, 0.2) is 11.5 Å². The lowest BCUT2D eigenvalue weighted by molar-refractivity contribution is -0.143. The third kappa shape index (κ3) is 5.50. The highest BCUT2D eigenvalue weighted by Crippen LogP contribution is 2.35. The summed E-state index contributed by atoms with van der Waals surface area (Å²) >= 11 is 0. The van der Waals surface area contributed by atoms with Crippen LogP contribution >= 0.6 is 0 Å². The minimum absolute atomic E-state index is 0.160. The average Bonchev–Trinajstić information content (AvgIpc) is 3.20. The highest BCUT2D eigenvalue weighted by atomic mass is 16.5. The van der Waals surface area contributed by atoms with Crippen LogP contribution in [0.3, 0.4) is 0 Å². The molecule has 2 aliphatic heterocycles. The number of ether oxygens (including phenoxy) is 4. The topological polar surface area (TPSA) is 87.4 Å². The number of fused-ring (bicyclic) bond motifs is 2. The molecule has 0 radical (unpaired) electrons. The van der Waals surface area contributed by atoms with Gasteiger partial charge in [0.2, 0.25) is 5.43 Å². The number of benzene rings is 2. The second-order valence-electron chi connectivity index (χ2n) is 10.5. The van der Waals surface area contributed by atoms with E-state index < -0.39 is 0 Å². The van der Waals surface area contributed by atoms with Crippen molar-refractivity contribution in [2.45, 2.75) is 58.6 Å². The van der Waals surface area contributed by atoms with E-state index >= 15 is 0 Å². The molecular weight excluding hydrogens is 474 g/mol. The monoisotopic (exact) mass is 507 g/mol. The fourth-order valence-electron chi connectivity index (χ4n) is 4.71. The third-order valence-corrected chi connectivity index (χ3v) is 6.59. The number of esters is 1. The molecule has 37 heavy (non-hydrogen) atoms. The van der Waals surface area contributed by atoms with Gasteiger partial charge < -0.3 is 23.4 Å². The van der Waals surface area contributed by atoms with Gasteiger partial charge in [-0.2, -0.15) is 0 Å². The molecule has 0 N–H and O–H groups in total. The number of carbonyl (C=O) groups is 1. The third-order valence-electron chi connectivity index (χ3n) is 6.59. The van der Waals surface area contributed by atoms with Crippen molar-refractivity contribution in [1.29, 1.82) is 0 Å². The molecule has 1 atom stereocenters. The fraction of sp³-hybridized carbons (Fsp3) is 0.448. The SMILES string of the molecule is Cc1oc2cc(OC(=O)[C@H]3CCCN3COC(C)(C)C)ccc2c(=O)c1-c1ccc2c(c1)OCCCO2. The predicted octanol–water partition coefficient (Wildman–Crippen LogP) is 5.07. The minimum Gasteiger partial charge on any atom is -0.490 e. The van der Waals surface area contributed by atoms with E-state index in [1.165, 1.54) is 0 Å². The molecule has 3 aromatic rings. The number of rotatable bonds is 5. The minimum atomic E-state index is -0.367. The van der Waals surface area contributed by atoms with Gasteiger partial charge in [0, 0.05) is 19.0 Å². The molecular formula is C29H33NO7. The molecule has 0 aliphatic carbocycles. The number of nitrogens with zero attached hydrogens (tertiary/aromatic N) is 1. The molecule has 196 valence electrons. The van der Waals surface area contributed by atoms with Gasteiger partial charge in [-0.15, -0.1) is 0 Å².